The van der Waals surface area contributed by atoms with Crippen molar-refractivity contribution in [2.75, 3.05) is 18.8 Å². The summed E-state index contributed by atoms with van der Waals surface area (Å²) in [6.45, 7) is 7.57. The van der Waals surface area contributed by atoms with E-state index >= 15 is 0 Å². The first-order chi connectivity index (χ1) is 12.6. The maximum absolute atomic E-state index is 12.3. The molecule has 0 aliphatic carbocycles. The standard InChI is InChI=1S/C20H38N2O2S2/c1-4-8-17(15-16(3)5-2)20(24)22-13-12-21-19(23)10-7-6-9-18-11-14-25-26-18/h16-18H,4-15H2,1-3H3,(H,21,23)(H,22,24). The molecule has 3 atom stereocenters. The molecule has 2 N–H and O–H groups in total. The van der Waals surface area contributed by atoms with Crippen molar-refractivity contribution in [3.05, 3.63) is 0 Å². The van der Waals surface area contributed by atoms with Crippen molar-refractivity contribution in [1.82, 2.24) is 10.6 Å². The molecule has 0 spiro atoms. The highest BCUT2D eigenvalue weighted by atomic mass is 33.1. The highest BCUT2D eigenvalue weighted by molar-refractivity contribution is 8.77. The number of nitrogens with one attached hydrogen (secondary N) is 2. The summed E-state index contributed by atoms with van der Waals surface area (Å²) in [6.07, 6.45) is 9.30. The van der Waals surface area contributed by atoms with Crippen LogP contribution in [0.5, 0.6) is 0 Å². The molecule has 152 valence electrons. The van der Waals surface area contributed by atoms with Crippen LogP contribution >= 0.6 is 21.6 Å². The summed E-state index contributed by atoms with van der Waals surface area (Å²) in [5.74, 6) is 2.22. The largest absolute Gasteiger partial charge is 0.354 e. The van der Waals surface area contributed by atoms with Crippen LogP contribution in [0.3, 0.4) is 0 Å². The Morgan fingerprint density at radius 3 is 2.58 bits per heavy atom. The summed E-state index contributed by atoms with van der Waals surface area (Å²) in [6, 6.07) is 0. The monoisotopic (exact) mass is 402 g/mol. The third-order valence-corrected chi connectivity index (χ3v) is 8.05. The van der Waals surface area contributed by atoms with Crippen LogP contribution in [0.1, 0.15) is 78.6 Å². The van der Waals surface area contributed by atoms with Gasteiger partial charge in [0, 0.05) is 36.4 Å². The van der Waals surface area contributed by atoms with Crippen LogP contribution in [-0.4, -0.2) is 35.9 Å². The molecule has 2 amide bonds. The highest BCUT2D eigenvalue weighted by Gasteiger charge is 2.19. The van der Waals surface area contributed by atoms with E-state index < -0.39 is 0 Å². The van der Waals surface area contributed by atoms with E-state index in [9.17, 15) is 9.59 Å². The van der Waals surface area contributed by atoms with Gasteiger partial charge in [-0.15, -0.1) is 0 Å². The highest BCUT2D eigenvalue weighted by Crippen LogP contribution is 2.39. The molecule has 0 radical (unpaired) electrons. The maximum atomic E-state index is 12.3. The van der Waals surface area contributed by atoms with Crippen molar-refractivity contribution in [2.24, 2.45) is 11.8 Å². The molecule has 1 aliphatic rings. The molecule has 0 bridgehead atoms. The number of carbonyl (C=O) groups is 2. The van der Waals surface area contributed by atoms with Gasteiger partial charge in [-0.05, 0) is 38.0 Å². The van der Waals surface area contributed by atoms with Gasteiger partial charge in [-0.25, -0.2) is 0 Å². The van der Waals surface area contributed by atoms with E-state index in [-0.39, 0.29) is 17.7 Å². The summed E-state index contributed by atoms with van der Waals surface area (Å²) >= 11 is 0. The second-order valence-electron chi connectivity index (χ2n) is 7.45. The third-order valence-electron chi connectivity index (χ3n) is 5.05. The molecule has 1 fully saturated rings. The average molecular weight is 403 g/mol. The van der Waals surface area contributed by atoms with Crippen LogP contribution < -0.4 is 10.6 Å². The van der Waals surface area contributed by atoms with Crippen LogP contribution in [0.15, 0.2) is 0 Å². The molecule has 1 saturated heterocycles. The summed E-state index contributed by atoms with van der Waals surface area (Å²) in [5, 5.41) is 6.72. The zero-order chi connectivity index (χ0) is 19.2. The first-order valence-electron chi connectivity index (χ1n) is 10.4. The molecule has 1 rings (SSSR count). The molecule has 3 unspecified atom stereocenters. The fourth-order valence-electron chi connectivity index (χ4n) is 3.20. The van der Waals surface area contributed by atoms with Gasteiger partial charge in [0.25, 0.3) is 0 Å². The predicted octanol–water partition coefficient (Wildman–Crippen LogP) is 4.79. The molecular weight excluding hydrogens is 364 g/mol. The van der Waals surface area contributed by atoms with Gasteiger partial charge in [-0.3, -0.25) is 9.59 Å². The third kappa shape index (κ3) is 10.7. The Hall–Kier alpha value is -0.360. The maximum Gasteiger partial charge on any atom is 0.223 e. The zero-order valence-electron chi connectivity index (χ0n) is 16.9. The number of carbonyl (C=O) groups excluding carboxylic acids is 2. The number of rotatable bonds is 14. The van der Waals surface area contributed by atoms with Crippen molar-refractivity contribution < 1.29 is 9.59 Å². The average Bonchev–Trinajstić information content (AvgIpc) is 3.15. The number of amides is 2. The first kappa shape index (κ1) is 23.7. The van der Waals surface area contributed by atoms with Crippen molar-refractivity contribution in [3.8, 4) is 0 Å². The molecule has 0 saturated carbocycles. The Bertz CT molecular complexity index is 401. The minimum absolute atomic E-state index is 0.109. The number of hydrogen-bond donors (Lipinski definition) is 2. The van der Waals surface area contributed by atoms with E-state index in [0.29, 0.717) is 25.4 Å². The van der Waals surface area contributed by atoms with E-state index in [2.05, 4.69) is 31.4 Å². The Labute approximate surface area is 168 Å². The van der Waals surface area contributed by atoms with Crippen LogP contribution in [0.4, 0.5) is 0 Å². The van der Waals surface area contributed by atoms with Gasteiger partial charge in [0.15, 0.2) is 0 Å². The lowest BCUT2D eigenvalue weighted by Crippen LogP contribution is -2.38. The fraction of sp³-hybridized carbons (Fsp3) is 0.900. The second-order valence-corrected chi connectivity index (χ2v) is 10.2. The molecule has 6 heteroatoms. The molecule has 4 nitrogen and oxygen atoms in total. The van der Waals surface area contributed by atoms with Crippen LogP contribution in [0.25, 0.3) is 0 Å². The summed E-state index contributed by atoms with van der Waals surface area (Å²) < 4.78 is 0. The van der Waals surface area contributed by atoms with E-state index in [1.807, 2.05) is 21.6 Å². The Morgan fingerprint density at radius 1 is 1.15 bits per heavy atom. The van der Waals surface area contributed by atoms with Crippen molar-refractivity contribution in [2.45, 2.75) is 83.8 Å². The Morgan fingerprint density at radius 2 is 1.92 bits per heavy atom. The van der Waals surface area contributed by atoms with Crippen LogP contribution in [0.2, 0.25) is 0 Å². The predicted molar refractivity (Wildman–Crippen MR) is 115 cm³/mol. The summed E-state index contributed by atoms with van der Waals surface area (Å²) in [5.41, 5.74) is 0. The van der Waals surface area contributed by atoms with Gasteiger partial charge in [0.05, 0.1) is 0 Å². The van der Waals surface area contributed by atoms with Crippen molar-refractivity contribution in [1.29, 1.82) is 0 Å². The minimum Gasteiger partial charge on any atom is -0.354 e. The lowest BCUT2D eigenvalue weighted by molar-refractivity contribution is -0.126. The zero-order valence-corrected chi connectivity index (χ0v) is 18.5. The van der Waals surface area contributed by atoms with Gasteiger partial charge in [0.1, 0.15) is 0 Å². The van der Waals surface area contributed by atoms with E-state index in [1.165, 1.54) is 18.6 Å². The van der Waals surface area contributed by atoms with E-state index in [1.54, 1.807) is 0 Å². The van der Waals surface area contributed by atoms with E-state index in [0.717, 1.165) is 43.8 Å². The molecule has 0 aromatic carbocycles. The molecule has 0 aromatic rings. The Kier molecular flexibility index (Phi) is 13.4. The first-order valence-corrected chi connectivity index (χ1v) is 12.8. The van der Waals surface area contributed by atoms with Crippen LogP contribution in [0, 0.1) is 11.8 Å². The van der Waals surface area contributed by atoms with Crippen molar-refractivity contribution >= 4 is 33.4 Å². The van der Waals surface area contributed by atoms with Crippen molar-refractivity contribution in [3.63, 3.8) is 0 Å². The van der Waals surface area contributed by atoms with E-state index in [4.69, 9.17) is 0 Å². The fourth-order valence-corrected chi connectivity index (χ4v) is 6.23. The number of unbranched alkanes of at least 4 members (excludes halogenated alkanes) is 1. The van der Waals surface area contributed by atoms with Gasteiger partial charge in [-0.2, -0.15) is 0 Å². The second kappa shape index (κ2) is 14.7. The number of hydrogen-bond acceptors (Lipinski definition) is 4. The lowest BCUT2D eigenvalue weighted by Gasteiger charge is -2.19. The van der Waals surface area contributed by atoms with Gasteiger partial charge < -0.3 is 10.6 Å². The summed E-state index contributed by atoms with van der Waals surface area (Å²) in [7, 11) is 3.98. The molecule has 1 aliphatic heterocycles. The molecular formula is C20H38N2O2S2. The topological polar surface area (TPSA) is 58.2 Å². The van der Waals surface area contributed by atoms with Gasteiger partial charge >= 0.3 is 0 Å². The van der Waals surface area contributed by atoms with Gasteiger partial charge in [-0.1, -0.05) is 61.6 Å². The lowest BCUT2D eigenvalue weighted by atomic mass is 9.90. The molecule has 1 heterocycles. The van der Waals surface area contributed by atoms with Crippen LogP contribution in [-0.2, 0) is 9.59 Å². The minimum atomic E-state index is 0.109. The molecule has 0 aromatic heterocycles. The Balaban J connectivity index is 2.07. The SMILES string of the molecule is CCCC(CC(C)CC)C(=O)NCCNC(=O)CCCCC1CCSS1. The van der Waals surface area contributed by atoms with Gasteiger partial charge in [0.2, 0.25) is 11.8 Å². The quantitative estimate of drug-likeness (QED) is 0.324. The molecule has 26 heavy (non-hydrogen) atoms. The summed E-state index contributed by atoms with van der Waals surface area (Å²) in [4.78, 5) is 24.2. The normalized spacial score (nSPS) is 19.1. The smallest absolute Gasteiger partial charge is 0.223 e.